The number of halogens is 4. The number of carbonyl (C=O) groups excluding carboxylic acids is 1. The van der Waals surface area contributed by atoms with Crippen LogP contribution in [-0.2, 0) is 15.7 Å². The van der Waals surface area contributed by atoms with Crippen molar-refractivity contribution in [2.75, 3.05) is 26.3 Å². The first-order valence-electron chi connectivity index (χ1n) is 11.2. The number of benzene rings is 1. The number of nitrogens with zero attached hydrogens (tertiary/aromatic N) is 2. The highest BCUT2D eigenvalue weighted by Crippen LogP contribution is 2.35. The molecule has 0 saturated carbocycles. The molecule has 34 heavy (non-hydrogen) atoms. The van der Waals surface area contributed by atoms with Crippen molar-refractivity contribution in [2.45, 2.75) is 50.0 Å². The summed E-state index contributed by atoms with van der Waals surface area (Å²) in [6.07, 6.45) is 0.435. The number of ether oxygens (including phenoxy) is 2. The highest BCUT2D eigenvalue weighted by molar-refractivity contribution is 5.87. The van der Waals surface area contributed by atoms with Crippen LogP contribution in [0.25, 0.3) is 0 Å². The maximum Gasteiger partial charge on any atom is 0.416 e. The van der Waals surface area contributed by atoms with Crippen molar-refractivity contribution in [3.63, 3.8) is 0 Å². The number of nitrogens with one attached hydrogen (secondary N) is 1. The summed E-state index contributed by atoms with van der Waals surface area (Å²) in [4.78, 5) is 19.7. The molecule has 1 N–H and O–H groups in total. The molecule has 1 aromatic carbocycles. The first-order chi connectivity index (χ1) is 15.8. The van der Waals surface area contributed by atoms with Gasteiger partial charge < -0.3 is 14.8 Å². The van der Waals surface area contributed by atoms with Gasteiger partial charge in [-0.3, -0.25) is 14.7 Å². The van der Waals surface area contributed by atoms with Gasteiger partial charge in [-0.2, -0.15) is 13.2 Å². The Labute approximate surface area is 203 Å². The van der Waals surface area contributed by atoms with Gasteiger partial charge in [-0.15, -0.1) is 12.4 Å². The minimum absolute atomic E-state index is 0. The molecule has 2 aliphatic heterocycles. The standard InChI is InChI=1S/C24H28F3N3O3.ClH/c1-17(18-4-3-10-28-15-18)29-22(31)23(8-12-32-13-9-23)30-11-7-21(16-30)33-20-6-2-5-19(14-20)24(25,26)27;/h2-6,10,14-15,17,21H,7-9,11-13,16H2,1H3,(H,29,31);1H/t17-,21+;/m0./s1. The molecule has 0 unspecified atom stereocenters. The molecule has 1 amide bonds. The van der Waals surface area contributed by atoms with Crippen LogP contribution in [0.1, 0.15) is 43.4 Å². The van der Waals surface area contributed by atoms with Gasteiger partial charge in [-0.1, -0.05) is 12.1 Å². The van der Waals surface area contributed by atoms with E-state index < -0.39 is 17.3 Å². The lowest BCUT2D eigenvalue weighted by Crippen LogP contribution is -2.61. The second-order valence-corrected chi connectivity index (χ2v) is 8.63. The Morgan fingerprint density at radius 1 is 1.26 bits per heavy atom. The number of pyridine rings is 1. The van der Waals surface area contributed by atoms with Gasteiger partial charge in [0.05, 0.1) is 11.6 Å². The Balaban J connectivity index is 0.00000324. The predicted octanol–water partition coefficient (Wildman–Crippen LogP) is 4.40. The molecule has 10 heteroatoms. The molecule has 0 radical (unpaired) electrons. The minimum Gasteiger partial charge on any atom is -0.489 e. The molecule has 0 spiro atoms. The SMILES string of the molecule is C[C@H](NC(=O)C1(N2CC[C@@H](Oc3cccc(C(F)(F)F)c3)C2)CCOCC1)c1cccnc1.Cl. The summed E-state index contributed by atoms with van der Waals surface area (Å²) in [5.74, 6) is 0.120. The molecule has 2 atom stereocenters. The van der Waals surface area contributed by atoms with E-state index in [9.17, 15) is 18.0 Å². The highest BCUT2D eigenvalue weighted by atomic mass is 35.5. The van der Waals surface area contributed by atoms with Crippen LogP contribution in [0.5, 0.6) is 5.75 Å². The summed E-state index contributed by atoms with van der Waals surface area (Å²) in [6.45, 7) is 3.96. The van der Waals surface area contributed by atoms with Gasteiger partial charge in [0.1, 0.15) is 17.4 Å². The van der Waals surface area contributed by atoms with E-state index >= 15 is 0 Å². The van der Waals surface area contributed by atoms with Crippen LogP contribution in [-0.4, -0.2) is 53.7 Å². The van der Waals surface area contributed by atoms with Crippen molar-refractivity contribution in [3.8, 4) is 5.75 Å². The van der Waals surface area contributed by atoms with Gasteiger partial charge in [0.2, 0.25) is 5.91 Å². The van der Waals surface area contributed by atoms with E-state index in [0.29, 0.717) is 45.6 Å². The van der Waals surface area contributed by atoms with E-state index in [1.807, 2.05) is 19.1 Å². The second kappa shape index (κ2) is 10.9. The van der Waals surface area contributed by atoms with Crippen molar-refractivity contribution in [1.29, 1.82) is 0 Å². The van der Waals surface area contributed by atoms with E-state index in [0.717, 1.165) is 17.7 Å². The van der Waals surface area contributed by atoms with Crippen molar-refractivity contribution < 1.29 is 27.4 Å². The summed E-state index contributed by atoms with van der Waals surface area (Å²) in [7, 11) is 0. The lowest BCUT2D eigenvalue weighted by Gasteiger charge is -2.43. The molecular weight excluding hydrogens is 471 g/mol. The van der Waals surface area contributed by atoms with Crippen molar-refractivity contribution >= 4 is 18.3 Å². The zero-order valence-corrected chi connectivity index (χ0v) is 19.7. The summed E-state index contributed by atoms with van der Waals surface area (Å²) in [5.41, 5.74) is -0.555. The van der Waals surface area contributed by atoms with Crippen molar-refractivity contribution in [3.05, 3.63) is 59.9 Å². The maximum absolute atomic E-state index is 13.5. The summed E-state index contributed by atoms with van der Waals surface area (Å²) < 4.78 is 50.5. The molecule has 2 aliphatic rings. The normalized spacial score (nSPS) is 21.4. The van der Waals surface area contributed by atoms with Gasteiger partial charge in [0.25, 0.3) is 0 Å². The summed E-state index contributed by atoms with van der Waals surface area (Å²) in [6, 6.07) is 8.48. The van der Waals surface area contributed by atoms with Gasteiger partial charge >= 0.3 is 6.18 Å². The Bertz CT molecular complexity index is 955. The highest BCUT2D eigenvalue weighted by Gasteiger charge is 2.48. The van der Waals surface area contributed by atoms with Crippen molar-refractivity contribution in [2.24, 2.45) is 0 Å². The Kier molecular flexibility index (Phi) is 8.43. The van der Waals surface area contributed by atoms with Crippen LogP contribution >= 0.6 is 12.4 Å². The van der Waals surface area contributed by atoms with Gasteiger partial charge in [0.15, 0.2) is 0 Å². The third-order valence-corrected chi connectivity index (χ3v) is 6.49. The van der Waals surface area contributed by atoms with Crippen LogP contribution in [0.2, 0.25) is 0 Å². The molecule has 186 valence electrons. The van der Waals surface area contributed by atoms with Crippen LogP contribution < -0.4 is 10.1 Å². The molecule has 0 bridgehead atoms. The largest absolute Gasteiger partial charge is 0.489 e. The van der Waals surface area contributed by atoms with Crippen LogP contribution in [0, 0.1) is 0 Å². The fourth-order valence-electron chi connectivity index (χ4n) is 4.59. The van der Waals surface area contributed by atoms with Gasteiger partial charge in [-0.25, -0.2) is 0 Å². The number of hydrogen-bond acceptors (Lipinski definition) is 5. The molecule has 1 aromatic heterocycles. The predicted molar refractivity (Wildman–Crippen MR) is 123 cm³/mol. The minimum atomic E-state index is -4.42. The van der Waals surface area contributed by atoms with Gasteiger partial charge in [-0.05, 0) is 56.0 Å². The lowest BCUT2D eigenvalue weighted by molar-refractivity contribution is -0.141. The Hall–Kier alpha value is -2.36. The zero-order chi connectivity index (χ0) is 23.5. The van der Waals surface area contributed by atoms with Crippen LogP contribution in [0.4, 0.5) is 13.2 Å². The number of carbonyl (C=O) groups is 1. The third kappa shape index (κ3) is 5.82. The average Bonchev–Trinajstić information content (AvgIpc) is 3.28. The smallest absolute Gasteiger partial charge is 0.416 e. The number of aromatic nitrogens is 1. The number of rotatable bonds is 6. The van der Waals surface area contributed by atoms with Crippen LogP contribution in [0.15, 0.2) is 48.8 Å². The fraction of sp³-hybridized carbons (Fsp3) is 0.500. The fourth-order valence-corrected chi connectivity index (χ4v) is 4.59. The monoisotopic (exact) mass is 499 g/mol. The molecule has 6 nitrogen and oxygen atoms in total. The number of amides is 1. The summed E-state index contributed by atoms with van der Waals surface area (Å²) in [5, 5.41) is 3.13. The number of alkyl halides is 3. The maximum atomic E-state index is 13.5. The van der Waals surface area contributed by atoms with E-state index in [2.05, 4.69) is 15.2 Å². The molecule has 2 aromatic rings. The van der Waals surface area contributed by atoms with E-state index in [4.69, 9.17) is 9.47 Å². The molecule has 2 fully saturated rings. The molecule has 0 aliphatic carbocycles. The second-order valence-electron chi connectivity index (χ2n) is 8.63. The van der Waals surface area contributed by atoms with Crippen molar-refractivity contribution in [1.82, 2.24) is 15.2 Å². The Morgan fingerprint density at radius 3 is 2.71 bits per heavy atom. The van der Waals surface area contributed by atoms with E-state index in [-0.39, 0.29) is 36.2 Å². The first kappa shape index (κ1) is 26.2. The Morgan fingerprint density at radius 2 is 2.03 bits per heavy atom. The van der Waals surface area contributed by atoms with E-state index in [1.165, 1.54) is 12.1 Å². The molecule has 3 heterocycles. The van der Waals surface area contributed by atoms with E-state index in [1.54, 1.807) is 12.4 Å². The third-order valence-electron chi connectivity index (χ3n) is 6.49. The lowest BCUT2D eigenvalue weighted by atomic mass is 9.86. The topological polar surface area (TPSA) is 63.7 Å². The first-order valence-corrected chi connectivity index (χ1v) is 11.2. The molecular formula is C24H29ClF3N3O3. The number of hydrogen-bond donors (Lipinski definition) is 1. The van der Waals surface area contributed by atoms with Gasteiger partial charge in [0, 0.05) is 38.7 Å². The zero-order valence-electron chi connectivity index (χ0n) is 18.9. The quantitative estimate of drug-likeness (QED) is 0.638. The summed E-state index contributed by atoms with van der Waals surface area (Å²) >= 11 is 0. The molecule has 4 rings (SSSR count). The van der Waals surface area contributed by atoms with Crippen LogP contribution in [0.3, 0.4) is 0 Å². The average molecular weight is 500 g/mol. The molecule has 2 saturated heterocycles. The number of likely N-dealkylation sites (tertiary alicyclic amines) is 1.